The first-order valence-corrected chi connectivity index (χ1v) is 7.56. The third-order valence-electron chi connectivity index (χ3n) is 3.88. The first-order chi connectivity index (χ1) is 11.0. The van der Waals surface area contributed by atoms with Gasteiger partial charge in [0.05, 0.1) is 20.8 Å². The van der Waals surface area contributed by atoms with E-state index in [1.54, 1.807) is 14.2 Å². The standard InChI is InChI=1S/C16H23N3O4/c1-11(20)17-18-16(21)10-19-8-4-5-14(19)13-9-12(22-2)6-7-15(13)23-3/h6-7,9,14H,4-5,8,10H2,1-3H3,(H,17,20)(H,18,21)/t14-/m0/s1. The van der Waals surface area contributed by atoms with Crippen molar-refractivity contribution in [2.24, 2.45) is 0 Å². The quantitative estimate of drug-likeness (QED) is 0.791. The van der Waals surface area contributed by atoms with Gasteiger partial charge in [-0.1, -0.05) is 0 Å². The minimum atomic E-state index is -0.300. The molecule has 1 heterocycles. The molecular weight excluding hydrogens is 298 g/mol. The molecule has 7 heteroatoms. The van der Waals surface area contributed by atoms with Crippen LogP contribution in [0.25, 0.3) is 0 Å². The molecule has 1 saturated heterocycles. The number of carbonyl (C=O) groups excluding carboxylic acids is 2. The average molecular weight is 321 g/mol. The summed E-state index contributed by atoms with van der Waals surface area (Å²) in [6.45, 7) is 2.38. The molecule has 1 aliphatic heterocycles. The molecule has 1 aliphatic rings. The highest BCUT2D eigenvalue weighted by Gasteiger charge is 2.30. The smallest absolute Gasteiger partial charge is 0.252 e. The number of likely N-dealkylation sites (tertiary alicyclic amines) is 1. The molecule has 0 aliphatic carbocycles. The molecule has 0 unspecified atom stereocenters. The van der Waals surface area contributed by atoms with Crippen molar-refractivity contribution in [1.82, 2.24) is 15.8 Å². The van der Waals surface area contributed by atoms with Gasteiger partial charge in [0, 0.05) is 18.5 Å². The molecule has 1 aromatic carbocycles. The molecule has 0 aromatic heterocycles. The van der Waals surface area contributed by atoms with Crippen LogP contribution in [0.5, 0.6) is 11.5 Å². The lowest BCUT2D eigenvalue weighted by Gasteiger charge is -2.26. The van der Waals surface area contributed by atoms with Crippen molar-refractivity contribution in [3.8, 4) is 11.5 Å². The minimum Gasteiger partial charge on any atom is -0.497 e. The number of hydrazine groups is 1. The summed E-state index contributed by atoms with van der Waals surface area (Å²) < 4.78 is 10.7. The van der Waals surface area contributed by atoms with Crippen molar-refractivity contribution >= 4 is 11.8 Å². The number of hydrogen-bond acceptors (Lipinski definition) is 5. The fourth-order valence-electron chi connectivity index (χ4n) is 2.85. The molecule has 1 fully saturated rings. The van der Waals surface area contributed by atoms with Crippen LogP contribution in [-0.2, 0) is 9.59 Å². The van der Waals surface area contributed by atoms with Gasteiger partial charge in [0.15, 0.2) is 0 Å². The van der Waals surface area contributed by atoms with Gasteiger partial charge >= 0.3 is 0 Å². The number of hydrogen-bond donors (Lipinski definition) is 2. The van der Waals surface area contributed by atoms with Crippen LogP contribution in [-0.4, -0.2) is 44.0 Å². The van der Waals surface area contributed by atoms with E-state index in [1.165, 1.54) is 6.92 Å². The lowest BCUT2D eigenvalue weighted by atomic mass is 10.0. The van der Waals surface area contributed by atoms with Crippen LogP contribution in [0, 0.1) is 0 Å². The normalized spacial score (nSPS) is 17.6. The van der Waals surface area contributed by atoms with E-state index in [2.05, 4.69) is 15.8 Å². The lowest BCUT2D eigenvalue weighted by Crippen LogP contribution is -2.45. The van der Waals surface area contributed by atoms with Crippen LogP contribution in [0.2, 0.25) is 0 Å². The summed E-state index contributed by atoms with van der Waals surface area (Å²) in [5.74, 6) is 1.00. The van der Waals surface area contributed by atoms with E-state index in [4.69, 9.17) is 9.47 Å². The molecule has 0 saturated carbocycles. The van der Waals surface area contributed by atoms with Gasteiger partial charge in [0.2, 0.25) is 5.91 Å². The van der Waals surface area contributed by atoms with Gasteiger partial charge in [-0.3, -0.25) is 25.3 Å². The largest absolute Gasteiger partial charge is 0.497 e. The van der Waals surface area contributed by atoms with Crippen LogP contribution in [0.15, 0.2) is 18.2 Å². The molecule has 2 amide bonds. The van der Waals surface area contributed by atoms with E-state index >= 15 is 0 Å². The minimum absolute atomic E-state index is 0.0862. The maximum absolute atomic E-state index is 11.9. The van der Waals surface area contributed by atoms with Gasteiger partial charge in [-0.15, -0.1) is 0 Å². The van der Waals surface area contributed by atoms with Crippen LogP contribution in [0.1, 0.15) is 31.4 Å². The molecule has 0 radical (unpaired) electrons. The summed E-state index contributed by atoms with van der Waals surface area (Å²) >= 11 is 0. The first kappa shape index (κ1) is 17.1. The summed E-state index contributed by atoms with van der Waals surface area (Å²) in [5, 5.41) is 0. The van der Waals surface area contributed by atoms with E-state index in [9.17, 15) is 9.59 Å². The second-order valence-electron chi connectivity index (χ2n) is 5.47. The van der Waals surface area contributed by atoms with Crippen molar-refractivity contribution < 1.29 is 19.1 Å². The molecule has 0 spiro atoms. The highest BCUT2D eigenvalue weighted by atomic mass is 16.5. The molecule has 2 N–H and O–H groups in total. The van der Waals surface area contributed by atoms with Gasteiger partial charge < -0.3 is 9.47 Å². The number of amides is 2. The summed E-state index contributed by atoms with van der Waals surface area (Å²) in [4.78, 5) is 24.9. The molecule has 1 atom stereocenters. The molecular formula is C16H23N3O4. The highest BCUT2D eigenvalue weighted by molar-refractivity contribution is 5.82. The zero-order valence-electron chi connectivity index (χ0n) is 13.7. The topological polar surface area (TPSA) is 79.9 Å². The van der Waals surface area contributed by atoms with Crippen molar-refractivity contribution in [1.29, 1.82) is 0 Å². The van der Waals surface area contributed by atoms with E-state index in [0.717, 1.165) is 36.4 Å². The Hall–Kier alpha value is -2.28. The zero-order valence-corrected chi connectivity index (χ0v) is 13.7. The zero-order chi connectivity index (χ0) is 16.8. The molecule has 7 nitrogen and oxygen atoms in total. The van der Waals surface area contributed by atoms with Gasteiger partial charge in [0.1, 0.15) is 11.5 Å². The van der Waals surface area contributed by atoms with Gasteiger partial charge in [-0.05, 0) is 37.6 Å². The lowest BCUT2D eigenvalue weighted by molar-refractivity contribution is -0.128. The van der Waals surface area contributed by atoms with Crippen LogP contribution >= 0.6 is 0 Å². The molecule has 23 heavy (non-hydrogen) atoms. The average Bonchev–Trinajstić information content (AvgIpc) is 3.00. The van der Waals surface area contributed by atoms with Crippen LogP contribution < -0.4 is 20.3 Å². The van der Waals surface area contributed by atoms with E-state index in [0.29, 0.717) is 0 Å². The predicted octanol–water partition coefficient (Wildman–Crippen LogP) is 1.01. The Labute approximate surface area is 135 Å². The van der Waals surface area contributed by atoms with E-state index in [1.807, 2.05) is 18.2 Å². The second-order valence-corrected chi connectivity index (χ2v) is 5.47. The number of ether oxygens (including phenoxy) is 2. The summed E-state index contributed by atoms with van der Waals surface area (Å²) in [6, 6.07) is 5.77. The first-order valence-electron chi connectivity index (χ1n) is 7.56. The monoisotopic (exact) mass is 321 g/mol. The molecule has 126 valence electrons. The molecule has 2 rings (SSSR count). The summed E-state index contributed by atoms with van der Waals surface area (Å²) in [6.07, 6.45) is 1.94. The van der Waals surface area contributed by atoms with Gasteiger partial charge in [0.25, 0.3) is 5.91 Å². The van der Waals surface area contributed by atoms with Crippen molar-refractivity contribution in [3.63, 3.8) is 0 Å². The Morgan fingerprint density at radius 2 is 2.04 bits per heavy atom. The van der Waals surface area contributed by atoms with Crippen molar-refractivity contribution in [2.75, 3.05) is 27.3 Å². The van der Waals surface area contributed by atoms with Crippen molar-refractivity contribution in [2.45, 2.75) is 25.8 Å². The van der Waals surface area contributed by atoms with Crippen LogP contribution in [0.4, 0.5) is 0 Å². The number of nitrogens with zero attached hydrogens (tertiary/aromatic N) is 1. The SMILES string of the molecule is COc1ccc(OC)c([C@@H]2CCCN2CC(=O)NNC(C)=O)c1. The maximum Gasteiger partial charge on any atom is 0.252 e. The van der Waals surface area contributed by atoms with Crippen LogP contribution in [0.3, 0.4) is 0 Å². The third-order valence-corrected chi connectivity index (χ3v) is 3.88. The van der Waals surface area contributed by atoms with Crippen molar-refractivity contribution in [3.05, 3.63) is 23.8 Å². The number of nitrogens with one attached hydrogen (secondary N) is 2. The number of methoxy groups -OCH3 is 2. The Bertz CT molecular complexity index is 576. The molecule has 0 bridgehead atoms. The maximum atomic E-state index is 11.9. The number of benzene rings is 1. The Kier molecular flexibility index (Phi) is 5.81. The predicted molar refractivity (Wildman–Crippen MR) is 85.1 cm³/mol. The highest BCUT2D eigenvalue weighted by Crippen LogP contribution is 2.38. The Morgan fingerprint density at radius 3 is 2.70 bits per heavy atom. The number of rotatable bonds is 5. The van der Waals surface area contributed by atoms with E-state index in [-0.39, 0.29) is 24.4 Å². The fourth-order valence-corrected chi connectivity index (χ4v) is 2.85. The fraction of sp³-hybridized carbons (Fsp3) is 0.500. The third kappa shape index (κ3) is 4.35. The number of carbonyl (C=O) groups is 2. The summed E-state index contributed by atoms with van der Waals surface area (Å²) in [5.41, 5.74) is 5.71. The second kappa shape index (κ2) is 7.82. The Balaban J connectivity index is 2.12. The Morgan fingerprint density at radius 1 is 1.26 bits per heavy atom. The van der Waals surface area contributed by atoms with Gasteiger partial charge in [-0.25, -0.2) is 0 Å². The van der Waals surface area contributed by atoms with Gasteiger partial charge in [-0.2, -0.15) is 0 Å². The van der Waals surface area contributed by atoms with E-state index < -0.39 is 0 Å². The molecule has 1 aromatic rings. The summed E-state index contributed by atoms with van der Waals surface area (Å²) in [7, 11) is 3.26.